The summed E-state index contributed by atoms with van der Waals surface area (Å²) in [4.78, 5) is 3.89. The number of nitrogens with zero attached hydrogens (tertiary/aromatic N) is 1. The van der Waals surface area contributed by atoms with E-state index in [0.717, 1.165) is 5.56 Å². The number of halogens is 3. The van der Waals surface area contributed by atoms with Crippen molar-refractivity contribution in [2.45, 2.75) is 6.61 Å². The minimum absolute atomic E-state index is 0.259. The van der Waals surface area contributed by atoms with Gasteiger partial charge in [-0.2, -0.15) is 0 Å². The van der Waals surface area contributed by atoms with Crippen LogP contribution in [-0.4, -0.2) is 4.98 Å². The van der Waals surface area contributed by atoms with Crippen LogP contribution in [0, 0.1) is 5.82 Å². The fourth-order valence-corrected chi connectivity index (χ4v) is 1.64. The van der Waals surface area contributed by atoms with Gasteiger partial charge in [-0.3, -0.25) is 0 Å². The maximum atomic E-state index is 12.7. The molecular formula is C12H8Cl2FNO. The minimum atomic E-state index is -0.302. The number of ether oxygens (including phenoxy) is 1. The van der Waals surface area contributed by atoms with Crippen LogP contribution in [-0.2, 0) is 6.61 Å². The van der Waals surface area contributed by atoms with E-state index in [4.69, 9.17) is 27.9 Å². The lowest BCUT2D eigenvalue weighted by atomic mass is 10.3. The first-order chi connectivity index (χ1) is 8.15. The molecule has 88 valence electrons. The monoisotopic (exact) mass is 271 g/mol. The van der Waals surface area contributed by atoms with E-state index >= 15 is 0 Å². The van der Waals surface area contributed by atoms with Gasteiger partial charge in [-0.25, -0.2) is 9.37 Å². The topological polar surface area (TPSA) is 22.1 Å². The van der Waals surface area contributed by atoms with E-state index in [2.05, 4.69) is 4.98 Å². The van der Waals surface area contributed by atoms with Crippen LogP contribution in [0.4, 0.5) is 4.39 Å². The van der Waals surface area contributed by atoms with Crippen LogP contribution in [0.25, 0.3) is 0 Å². The van der Waals surface area contributed by atoms with Crippen LogP contribution in [0.1, 0.15) is 5.56 Å². The molecule has 0 unspecified atom stereocenters. The minimum Gasteiger partial charge on any atom is -0.489 e. The summed E-state index contributed by atoms with van der Waals surface area (Å²) >= 11 is 11.6. The Morgan fingerprint density at radius 2 is 1.76 bits per heavy atom. The van der Waals surface area contributed by atoms with Gasteiger partial charge in [0.2, 0.25) is 0 Å². The van der Waals surface area contributed by atoms with E-state index in [0.29, 0.717) is 16.1 Å². The molecule has 0 amide bonds. The predicted octanol–water partition coefficient (Wildman–Crippen LogP) is 4.11. The van der Waals surface area contributed by atoms with Gasteiger partial charge in [0.1, 0.15) is 28.5 Å². The third-order valence-corrected chi connectivity index (χ3v) is 2.64. The Kier molecular flexibility index (Phi) is 3.82. The van der Waals surface area contributed by atoms with Crippen LogP contribution in [0.2, 0.25) is 10.3 Å². The Hall–Kier alpha value is -1.32. The third kappa shape index (κ3) is 3.32. The van der Waals surface area contributed by atoms with Crippen LogP contribution in [0.15, 0.2) is 36.4 Å². The predicted molar refractivity (Wildman–Crippen MR) is 65.0 cm³/mol. The molecule has 2 rings (SSSR count). The van der Waals surface area contributed by atoms with Gasteiger partial charge < -0.3 is 4.74 Å². The lowest BCUT2D eigenvalue weighted by Crippen LogP contribution is -1.97. The summed E-state index contributed by atoms with van der Waals surface area (Å²) < 4.78 is 18.1. The van der Waals surface area contributed by atoms with Crippen molar-refractivity contribution in [3.8, 4) is 5.75 Å². The van der Waals surface area contributed by atoms with Crippen molar-refractivity contribution in [2.24, 2.45) is 0 Å². The van der Waals surface area contributed by atoms with E-state index in [1.807, 2.05) is 0 Å². The summed E-state index contributed by atoms with van der Waals surface area (Å²) in [6, 6.07) is 9.13. The third-order valence-electron chi connectivity index (χ3n) is 2.10. The Labute approximate surface area is 108 Å². The molecule has 1 aromatic carbocycles. The first-order valence-electron chi connectivity index (χ1n) is 4.84. The molecule has 5 heteroatoms. The number of hydrogen-bond acceptors (Lipinski definition) is 2. The Morgan fingerprint density at radius 1 is 1.06 bits per heavy atom. The summed E-state index contributed by atoms with van der Waals surface area (Å²) in [6.45, 7) is 0.259. The van der Waals surface area contributed by atoms with Crippen molar-refractivity contribution >= 4 is 23.2 Å². The summed E-state index contributed by atoms with van der Waals surface area (Å²) in [6.07, 6.45) is 0. The number of pyridine rings is 1. The van der Waals surface area contributed by atoms with Gasteiger partial charge in [-0.15, -0.1) is 0 Å². The second kappa shape index (κ2) is 5.34. The smallest absolute Gasteiger partial charge is 0.137 e. The molecule has 17 heavy (non-hydrogen) atoms. The summed E-state index contributed by atoms with van der Waals surface area (Å²) in [5.41, 5.74) is 0.723. The van der Waals surface area contributed by atoms with E-state index in [1.54, 1.807) is 24.3 Å². The maximum absolute atomic E-state index is 12.7. The molecule has 0 radical (unpaired) electrons. The molecule has 0 saturated carbocycles. The zero-order chi connectivity index (χ0) is 12.3. The molecule has 0 saturated heterocycles. The Bertz CT molecular complexity index is 516. The fraction of sp³-hybridized carbons (Fsp3) is 0.0833. The average molecular weight is 272 g/mol. The van der Waals surface area contributed by atoms with E-state index in [1.165, 1.54) is 12.1 Å². The molecule has 2 nitrogen and oxygen atoms in total. The lowest BCUT2D eigenvalue weighted by Gasteiger charge is -2.07. The molecule has 0 aliphatic rings. The highest BCUT2D eigenvalue weighted by molar-refractivity contribution is 6.32. The highest BCUT2D eigenvalue weighted by Gasteiger charge is 2.03. The van der Waals surface area contributed by atoms with Gasteiger partial charge in [-0.05, 0) is 36.4 Å². The van der Waals surface area contributed by atoms with Gasteiger partial charge in [-0.1, -0.05) is 23.2 Å². The molecule has 0 N–H and O–H groups in total. The molecule has 0 aliphatic heterocycles. The normalized spacial score (nSPS) is 10.3. The second-order valence-corrected chi connectivity index (χ2v) is 4.07. The van der Waals surface area contributed by atoms with Gasteiger partial charge in [0, 0.05) is 5.56 Å². The van der Waals surface area contributed by atoms with Crippen molar-refractivity contribution < 1.29 is 9.13 Å². The zero-order valence-electron chi connectivity index (χ0n) is 8.66. The van der Waals surface area contributed by atoms with Crippen LogP contribution >= 0.6 is 23.2 Å². The molecule has 0 atom stereocenters. The lowest BCUT2D eigenvalue weighted by molar-refractivity contribution is 0.305. The van der Waals surface area contributed by atoms with E-state index in [-0.39, 0.29) is 12.4 Å². The fourth-order valence-electron chi connectivity index (χ4n) is 1.24. The van der Waals surface area contributed by atoms with Crippen molar-refractivity contribution in [3.63, 3.8) is 0 Å². The molecule has 1 aromatic heterocycles. The van der Waals surface area contributed by atoms with E-state index in [9.17, 15) is 4.39 Å². The van der Waals surface area contributed by atoms with Gasteiger partial charge in [0.15, 0.2) is 0 Å². The molecule has 0 aliphatic carbocycles. The molecule has 0 fully saturated rings. The maximum Gasteiger partial charge on any atom is 0.137 e. The Balaban J connectivity index is 2.04. The first kappa shape index (κ1) is 12.1. The van der Waals surface area contributed by atoms with Crippen molar-refractivity contribution in [1.29, 1.82) is 0 Å². The van der Waals surface area contributed by atoms with Crippen LogP contribution in [0.5, 0.6) is 5.75 Å². The summed E-state index contributed by atoms with van der Waals surface area (Å²) in [5.74, 6) is 0.265. The summed E-state index contributed by atoms with van der Waals surface area (Å²) in [5, 5.41) is 0.639. The largest absolute Gasteiger partial charge is 0.489 e. The molecule has 1 heterocycles. The standard InChI is InChI=1S/C12H8Cl2FNO/c13-11-6-1-8(12(14)16-11)7-17-10-4-2-9(15)3-5-10/h1-6H,7H2. The van der Waals surface area contributed by atoms with Crippen LogP contribution in [0.3, 0.4) is 0 Å². The number of rotatable bonds is 3. The van der Waals surface area contributed by atoms with Crippen molar-refractivity contribution in [2.75, 3.05) is 0 Å². The molecule has 0 bridgehead atoms. The number of aromatic nitrogens is 1. The van der Waals surface area contributed by atoms with E-state index < -0.39 is 0 Å². The summed E-state index contributed by atoms with van der Waals surface area (Å²) in [7, 11) is 0. The quantitative estimate of drug-likeness (QED) is 0.784. The van der Waals surface area contributed by atoms with Crippen molar-refractivity contribution in [3.05, 3.63) is 58.1 Å². The van der Waals surface area contributed by atoms with Gasteiger partial charge >= 0.3 is 0 Å². The van der Waals surface area contributed by atoms with Gasteiger partial charge in [0.25, 0.3) is 0 Å². The number of benzene rings is 1. The Morgan fingerprint density at radius 3 is 2.41 bits per heavy atom. The second-order valence-electron chi connectivity index (χ2n) is 3.33. The van der Waals surface area contributed by atoms with Crippen LogP contribution < -0.4 is 4.74 Å². The number of hydrogen-bond donors (Lipinski definition) is 0. The highest BCUT2D eigenvalue weighted by atomic mass is 35.5. The average Bonchev–Trinajstić information content (AvgIpc) is 2.30. The molecular weight excluding hydrogens is 264 g/mol. The SMILES string of the molecule is Fc1ccc(OCc2ccc(Cl)nc2Cl)cc1. The zero-order valence-corrected chi connectivity index (χ0v) is 10.2. The van der Waals surface area contributed by atoms with Gasteiger partial charge in [0.05, 0.1) is 0 Å². The first-order valence-corrected chi connectivity index (χ1v) is 5.60. The molecule has 2 aromatic rings. The molecule has 0 spiro atoms. The van der Waals surface area contributed by atoms with Crippen molar-refractivity contribution in [1.82, 2.24) is 4.98 Å². The highest BCUT2D eigenvalue weighted by Crippen LogP contribution is 2.19.